The smallest absolute Gasteiger partial charge is 0.232 e. The summed E-state index contributed by atoms with van der Waals surface area (Å²) < 4.78 is 27.6. The highest BCUT2D eigenvalue weighted by Gasteiger charge is 2.19. The van der Waals surface area contributed by atoms with Crippen LogP contribution in [0.15, 0.2) is 67.0 Å². The zero-order valence-electron chi connectivity index (χ0n) is 22.5. The molecule has 206 valence electrons. The number of nitrogens with one attached hydrogen (secondary N) is 1. The number of benzene rings is 2. The molecule has 5 rings (SSSR count). The summed E-state index contributed by atoms with van der Waals surface area (Å²) in [4.78, 5) is 13.9. The predicted octanol–water partition coefficient (Wildman–Crippen LogP) is 3.12. The molecule has 2 aromatic heterocycles. The molecule has 11 heteroatoms. The molecule has 3 heterocycles. The summed E-state index contributed by atoms with van der Waals surface area (Å²) in [5.74, 6) is 0.489. The van der Waals surface area contributed by atoms with Gasteiger partial charge >= 0.3 is 0 Å². The van der Waals surface area contributed by atoms with Crippen LogP contribution in [-0.2, 0) is 16.6 Å². The molecule has 2 N–H and O–H groups in total. The minimum Gasteiger partial charge on any atom is -0.392 e. The SMILES string of the molecule is C[C@@H](O)CN1CCN(c2ccc(Nc3ncc4ccn(Cc5ccccc5N(C)S(C)(=O)=O)c4n3)cc2)CC1. The van der Waals surface area contributed by atoms with Crippen molar-refractivity contribution in [1.82, 2.24) is 19.4 Å². The molecule has 0 saturated carbocycles. The number of hydrogen-bond acceptors (Lipinski definition) is 8. The Morgan fingerprint density at radius 2 is 1.77 bits per heavy atom. The lowest BCUT2D eigenvalue weighted by atomic mass is 10.2. The van der Waals surface area contributed by atoms with Crippen molar-refractivity contribution in [2.24, 2.45) is 0 Å². The molecule has 0 unspecified atom stereocenters. The quantitative estimate of drug-likeness (QED) is 0.328. The van der Waals surface area contributed by atoms with E-state index in [9.17, 15) is 13.5 Å². The van der Waals surface area contributed by atoms with Crippen LogP contribution in [0.4, 0.5) is 23.0 Å². The molecule has 39 heavy (non-hydrogen) atoms. The standard InChI is InChI=1S/C28H35N7O3S/c1-21(36)19-33-14-16-34(17-15-33)25-10-8-24(9-11-25)30-28-29-18-22-12-13-35(27(22)31-28)20-23-6-4-5-7-26(23)32(2)39(3,37)38/h4-13,18,21,36H,14-17,19-20H2,1-3H3,(H,29,30,31)/t21-/m1/s1. The largest absolute Gasteiger partial charge is 0.392 e. The van der Waals surface area contributed by atoms with E-state index in [2.05, 4.69) is 32.2 Å². The number of sulfonamides is 1. The van der Waals surface area contributed by atoms with E-state index in [0.29, 0.717) is 24.7 Å². The third kappa shape index (κ3) is 6.32. The van der Waals surface area contributed by atoms with Gasteiger partial charge in [0.15, 0.2) is 0 Å². The highest BCUT2D eigenvalue weighted by molar-refractivity contribution is 7.92. The van der Waals surface area contributed by atoms with Crippen LogP contribution in [-0.4, -0.2) is 85.1 Å². The van der Waals surface area contributed by atoms with E-state index in [4.69, 9.17) is 4.98 Å². The van der Waals surface area contributed by atoms with Gasteiger partial charge in [0.2, 0.25) is 16.0 Å². The lowest BCUT2D eigenvalue weighted by Crippen LogP contribution is -2.48. The van der Waals surface area contributed by atoms with E-state index in [0.717, 1.165) is 48.5 Å². The number of fused-ring (bicyclic) bond motifs is 1. The minimum absolute atomic E-state index is 0.302. The first-order chi connectivity index (χ1) is 18.7. The van der Waals surface area contributed by atoms with E-state index in [1.807, 2.05) is 60.2 Å². The second kappa shape index (κ2) is 11.2. The topological polar surface area (TPSA) is 107 Å². The highest BCUT2D eigenvalue weighted by Crippen LogP contribution is 2.25. The van der Waals surface area contributed by atoms with Crippen LogP contribution in [0.5, 0.6) is 0 Å². The molecule has 0 radical (unpaired) electrons. The van der Waals surface area contributed by atoms with Gasteiger partial charge in [0.05, 0.1) is 24.6 Å². The number of anilines is 4. The third-order valence-electron chi connectivity index (χ3n) is 7.05. The second-order valence-corrected chi connectivity index (χ2v) is 12.1. The van der Waals surface area contributed by atoms with Crippen molar-refractivity contribution in [3.8, 4) is 0 Å². The molecule has 0 spiro atoms. The van der Waals surface area contributed by atoms with Gasteiger partial charge in [-0.15, -0.1) is 0 Å². The van der Waals surface area contributed by atoms with E-state index >= 15 is 0 Å². The molecule has 1 aliphatic rings. The van der Waals surface area contributed by atoms with Crippen molar-refractivity contribution in [3.63, 3.8) is 0 Å². The van der Waals surface area contributed by atoms with Crippen molar-refractivity contribution in [1.29, 1.82) is 0 Å². The number of hydrogen-bond donors (Lipinski definition) is 2. The third-order valence-corrected chi connectivity index (χ3v) is 8.25. The molecule has 2 aromatic carbocycles. The average molecular weight is 550 g/mol. The molecule has 1 fully saturated rings. The van der Waals surface area contributed by atoms with Gasteiger partial charge in [-0.1, -0.05) is 18.2 Å². The Labute approximate surface area is 229 Å². The Morgan fingerprint density at radius 3 is 2.46 bits per heavy atom. The number of β-amino-alcohol motifs (C(OH)–C–C–N with tert-alkyl or cyclic N) is 1. The summed E-state index contributed by atoms with van der Waals surface area (Å²) in [5, 5.41) is 13.8. The number of aromatic nitrogens is 3. The van der Waals surface area contributed by atoms with Crippen LogP contribution in [0.3, 0.4) is 0 Å². The number of nitrogens with zero attached hydrogens (tertiary/aromatic N) is 6. The van der Waals surface area contributed by atoms with Crippen molar-refractivity contribution < 1.29 is 13.5 Å². The summed E-state index contributed by atoms with van der Waals surface area (Å²) in [6, 6.07) is 17.7. The molecule has 4 aromatic rings. The van der Waals surface area contributed by atoms with Crippen molar-refractivity contribution in [2.45, 2.75) is 19.6 Å². The maximum Gasteiger partial charge on any atom is 0.232 e. The van der Waals surface area contributed by atoms with Gasteiger partial charge in [0.1, 0.15) is 5.65 Å². The monoisotopic (exact) mass is 549 g/mol. The van der Waals surface area contributed by atoms with Gasteiger partial charge in [-0.3, -0.25) is 9.21 Å². The fraction of sp³-hybridized carbons (Fsp3) is 0.357. The van der Waals surface area contributed by atoms with E-state index in [1.54, 1.807) is 13.2 Å². The molecule has 0 amide bonds. The number of aliphatic hydroxyl groups excluding tert-OH is 1. The Balaban J connectivity index is 1.29. The van der Waals surface area contributed by atoms with E-state index in [1.165, 1.54) is 16.2 Å². The maximum atomic E-state index is 12.2. The molecule has 0 bridgehead atoms. The zero-order valence-corrected chi connectivity index (χ0v) is 23.3. The summed E-state index contributed by atoms with van der Waals surface area (Å²) >= 11 is 0. The Hall–Kier alpha value is -3.67. The van der Waals surface area contributed by atoms with Gasteiger partial charge < -0.3 is 19.9 Å². The number of piperazine rings is 1. The first kappa shape index (κ1) is 26.9. The van der Waals surface area contributed by atoms with Gasteiger partial charge in [-0.05, 0) is 48.9 Å². The number of para-hydroxylation sites is 1. The minimum atomic E-state index is -3.38. The van der Waals surface area contributed by atoms with Crippen molar-refractivity contribution in [2.75, 3.05) is 60.5 Å². The first-order valence-electron chi connectivity index (χ1n) is 13.0. The number of aliphatic hydroxyl groups is 1. The average Bonchev–Trinajstić information content (AvgIpc) is 3.30. The predicted molar refractivity (Wildman–Crippen MR) is 156 cm³/mol. The summed E-state index contributed by atoms with van der Waals surface area (Å²) in [5.41, 5.74) is 4.33. The zero-order chi connectivity index (χ0) is 27.6. The van der Waals surface area contributed by atoms with Crippen LogP contribution >= 0.6 is 0 Å². The van der Waals surface area contributed by atoms with Gasteiger partial charge in [0.25, 0.3) is 0 Å². The lowest BCUT2D eigenvalue weighted by Gasteiger charge is -2.36. The Kier molecular flexibility index (Phi) is 7.74. The first-order valence-corrected chi connectivity index (χ1v) is 14.9. The summed E-state index contributed by atoms with van der Waals surface area (Å²) in [6.45, 7) is 6.75. The fourth-order valence-corrected chi connectivity index (χ4v) is 5.45. The molecule has 1 aliphatic heterocycles. The Bertz CT molecular complexity index is 1530. The number of rotatable bonds is 9. The van der Waals surface area contributed by atoms with Crippen LogP contribution in [0.2, 0.25) is 0 Å². The summed E-state index contributed by atoms with van der Waals surface area (Å²) in [7, 11) is -1.82. The lowest BCUT2D eigenvalue weighted by molar-refractivity contribution is 0.123. The normalized spacial score (nSPS) is 15.4. The molecule has 1 atom stereocenters. The molecule has 1 saturated heterocycles. The van der Waals surface area contributed by atoms with Gasteiger partial charge in [-0.2, -0.15) is 4.98 Å². The second-order valence-electron chi connectivity index (χ2n) is 10.1. The van der Waals surface area contributed by atoms with Gasteiger partial charge in [0, 0.05) is 68.9 Å². The van der Waals surface area contributed by atoms with Crippen molar-refractivity contribution >= 4 is 44.1 Å². The fourth-order valence-electron chi connectivity index (χ4n) is 4.92. The summed E-state index contributed by atoms with van der Waals surface area (Å²) in [6.07, 6.45) is 4.63. The molecular weight excluding hydrogens is 514 g/mol. The molecular formula is C28H35N7O3S. The van der Waals surface area contributed by atoms with E-state index < -0.39 is 10.0 Å². The van der Waals surface area contributed by atoms with Crippen molar-refractivity contribution in [3.05, 3.63) is 72.6 Å². The van der Waals surface area contributed by atoms with Crippen LogP contribution in [0, 0.1) is 0 Å². The van der Waals surface area contributed by atoms with E-state index in [-0.39, 0.29) is 6.10 Å². The van der Waals surface area contributed by atoms with Crippen LogP contribution < -0.4 is 14.5 Å². The van der Waals surface area contributed by atoms with Crippen LogP contribution in [0.25, 0.3) is 11.0 Å². The molecule has 0 aliphatic carbocycles. The Morgan fingerprint density at radius 1 is 1.05 bits per heavy atom. The maximum absolute atomic E-state index is 12.2. The molecule has 10 nitrogen and oxygen atoms in total. The van der Waals surface area contributed by atoms with Gasteiger partial charge in [-0.25, -0.2) is 13.4 Å². The van der Waals surface area contributed by atoms with Crippen LogP contribution in [0.1, 0.15) is 12.5 Å². The highest BCUT2D eigenvalue weighted by atomic mass is 32.2.